The molecule has 2 rings (SSSR count). The normalized spacial score (nSPS) is 10.7. The number of ether oxygens (including phenoxy) is 3. The lowest BCUT2D eigenvalue weighted by molar-refractivity contribution is 0.0734. The molecule has 0 unspecified atom stereocenters. The summed E-state index contributed by atoms with van der Waals surface area (Å²) in [4.78, 5) is 12.8. The van der Waals surface area contributed by atoms with E-state index in [0.29, 0.717) is 41.6 Å². The summed E-state index contributed by atoms with van der Waals surface area (Å²) < 4.78 is 17.7. The van der Waals surface area contributed by atoms with Crippen LogP contribution in [0, 0.1) is 11.3 Å². The van der Waals surface area contributed by atoms with Gasteiger partial charge in [0.15, 0.2) is 11.5 Å². The first kappa shape index (κ1) is 32.2. The van der Waals surface area contributed by atoms with Crippen molar-refractivity contribution < 1.29 is 19.0 Å². The van der Waals surface area contributed by atoms with Gasteiger partial charge in [-0.05, 0) is 55.3 Å². The number of nitrogens with zero attached hydrogens (tertiary/aromatic N) is 1. The van der Waals surface area contributed by atoms with Crippen LogP contribution < -0.4 is 14.2 Å². The minimum absolute atomic E-state index is 0.399. The predicted molar refractivity (Wildman–Crippen MR) is 159 cm³/mol. The first-order chi connectivity index (χ1) is 19.2. The van der Waals surface area contributed by atoms with Crippen molar-refractivity contribution in [2.45, 2.75) is 117 Å². The van der Waals surface area contributed by atoms with Crippen molar-refractivity contribution in [1.82, 2.24) is 0 Å². The molecule has 0 spiro atoms. The quantitative estimate of drug-likeness (QED) is 0.0852. The summed E-state index contributed by atoms with van der Waals surface area (Å²) in [6, 6.07) is 13.8. The summed E-state index contributed by atoms with van der Waals surface area (Å²) in [6.07, 6.45) is 19.9. The highest BCUT2D eigenvalue weighted by atomic mass is 16.5. The number of hydrogen-bond donors (Lipinski definition) is 0. The second-order valence-corrected chi connectivity index (χ2v) is 10.3. The smallest absolute Gasteiger partial charge is 0.343 e. The second kappa shape index (κ2) is 20.9. The lowest BCUT2D eigenvalue weighted by Crippen LogP contribution is -2.10. The molecular formula is C34H49NO4. The molecule has 5 heteroatoms. The van der Waals surface area contributed by atoms with Gasteiger partial charge in [-0.3, -0.25) is 0 Å². The third kappa shape index (κ3) is 14.1. The average Bonchev–Trinajstić information content (AvgIpc) is 2.96. The molecule has 0 saturated carbocycles. The maximum atomic E-state index is 12.8. The van der Waals surface area contributed by atoms with Crippen molar-refractivity contribution in [1.29, 1.82) is 5.26 Å². The molecule has 0 saturated heterocycles. The molecule has 0 aliphatic rings. The van der Waals surface area contributed by atoms with Gasteiger partial charge in [0, 0.05) is 0 Å². The zero-order chi connectivity index (χ0) is 28.0. The van der Waals surface area contributed by atoms with Crippen molar-refractivity contribution in [2.75, 3.05) is 13.2 Å². The minimum Gasteiger partial charge on any atom is -0.490 e. The largest absolute Gasteiger partial charge is 0.490 e. The van der Waals surface area contributed by atoms with Gasteiger partial charge in [0.2, 0.25) is 0 Å². The topological polar surface area (TPSA) is 68.5 Å². The number of hydrogen-bond acceptors (Lipinski definition) is 5. The molecule has 0 N–H and O–H groups in total. The van der Waals surface area contributed by atoms with E-state index in [1.165, 1.54) is 77.0 Å². The van der Waals surface area contributed by atoms with E-state index in [2.05, 4.69) is 19.9 Å². The lowest BCUT2D eigenvalue weighted by atomic mass is 10.1. The monoisotopic (exact) mass is 535 g/mol. The Morgan fingerprint density at radius 3 is 1.64 bits per heavy atom. The molecule has 0 bridgehead atoms. The molecule has 0 radical (unpaired) electrons. The number of benzene rings is 2. The zero-order valence-corrected chi connectivity index (χ0v) is 24.3. The number of carbonyl (C=O) groups is 1. The Morgan fingerprint density at radius 2 is 1.13 bits per heavy atom. The van der Waals surface area contributed by atoms with Gasteiger partial charge in [-0.2, -0.15) is 5.26 Å². The molecule has 0 aliphatic carbocycles. The summed E-state index contributed by atoms with van der Waals surface area (Å²) in [7, 11) is 0. The molecule has 0 fully saturated rings. The van der Waals surface area contributed by atoms with Crippen LogP contribution >= 0.6 is 0 Å². The van der Waals surface area contributed by atoms with Crippen LogP contribution in [0.5, 0.6) is 17.2 Å². The van der Waals surface area contributed by atoms with E-state index in [4.69, 9.17) is 19.5 Å². The maximum absolute atomic E-state index is 12.8. The summed E-state index contributed by atoms with van der Waals surface area (Å²) in [6.45, 7) is 5.72. The fourth-order valence-electron chi connectivity index (χ4n) is 4.47. The molecule has 214 valence electrons. The summed E-state index contributed by atoms with van der Waals surface area (Å²) in [5.74, 6) is 1.20. The summed E-state index contributed by atoms with van der Waals surface area (Å²) in [5, 5.41) is 8.97. The second-order valence-electron chi connectivity index (χ2n) is 10.3. The van der Waals surface area contributed by atoms with Crippen LogP contribution in [0.1, 0.15) is 133 Å². The third-order valence-corrected chi connectivity index (χ3v) is 6.88. The van der Waals surface area contributed by atoms with Gasteiger partial charge in [-0.25, -0.2) is 4.79 Å². The number of esters is 1. The van der Waals surface area contributed by atoms with Gasteiger partial charge in [0.05, 0.1) is 30.4 Å². The van der Waals surface area contributed by atoms with E-state index in [1.54, 1.807) is 36.4 Å². The van der Waals surface area contributed by atoms with Crippen LogP contribution in [0.3, 0.4) is 0 Å². The number of unbranched alkanes of at least 4 members (excludes halogenated alkanes) is 14. The molecular weight excluding hydrogens is 486 g/mol. The van der Waals surface area contributed by atoms with Crippen LogP contribution in [0.15, 0.2) is 42.5 Å². The fourth-order valence-corrected chi connectivity index (χ4v) is 4.47. The van der Waals surface area contributed by atoms with Crippen molar-refractivity contribution >= 4 is 5.97 Å². The van der Waals surface area contributed by atoms with E-state index in [9.17, 15) is 4.79 Å². The molecule has 0 atom stereocenters. The van der Waals surface area contributed by atoms with Gasteiger partial charge in [0.1, 0.15) is 5.75 Å². The average molecular weight is 536 g/mol. The molecule has 0 heterocycles. The Balaban J connectivity index is 1.88. The highest BCUT2D eigenvalue weighted by molar-refractivity contribution is 5.91. The lowest BCUT2D eigenvalue weighted by Gasteiger charge is -2.14. The Kier molecular flexibility index (Phi) is 17.3. The van der Waals surface area contributed by atoms with E-state index >= 15 is 0 Å². The maximum Gasteiger partial charge on any atom is 0.343 e. The third-order valence-electron chi connectivity index (χ3n) is 6.88. The van der Waals surface area contributed by atoms with Crippen LogP contribution in [0.2, 0.25) is 0 Å². The van der Waals surface area contributed by atoms with Crippen molar-refractivity contribution in [3.05, 3.63) is 53.6 Å². The molecule has 0 amide bonds. The molecule has 2 aromatic rings. The van der Waals surface area contributed by atoms with Gasteiger partial charge in [-0.1, -0.05) is 104 Å². The predicted octanol–water partition coefficient (Wildman–Crippen LogP) is 9.82. The van der Waals surface area contributed by atoms with Crippen LogP contribution in [0.25, 0.3) is 0 Å². The van der Waals surface area contributed by atoms with Crippen molar-refractivity contribution in [3.63, 3.8) is 0 Å². The summed E-state index contributed by atoms with van der Waals surface area (Å²) >= 11 is 0. The van der Waals surface area contributed by atoms with Crippen molar-refractivity contribution in [2.24, 2.45) is 0 Å². The highest BCUT2D eigenvalue weighted by Crippen LogP contribution is 2.30. The Labute approximate surface area is 236 Å². The number of rotatable bonds is 22. The first-order valence-corrected chi connectivity index (χ1v) is 15.3. The Hall–Kier alpha value is -3.00. The Morgan fingerprint density at radius 1 is 0.641 bits per heavy atom. The molecule has 0 aliphatic heterocycles. The fraction of sp³-hybridized carbons (Fsp3) is 0.588. The zero-order valence-electron chi connectivity index (χ0n) is 24.3. The minimum atomic E-state index is -0.466. The number of carbonyl (C=O) groups excluding carboxylic acids is 1. The molecule has 2 aromatic carbocycles. The van der Waals surface area contributed by atoms with Gasteiger partial charge < -0.3 is 14.2 Å². The standard InChI is InChI=1S/C34H49NO4/c1-3-5-7-9-11-13-15-17-25-37-32-24-21-30(34(36)39-31-22-19-29(28-35)20-23-31)27-33(32)38-26-18-16-14-12-10-8-6-4-2/h19-24,27H,3-18,25-26H2,1-2H3. The Bertz CT molecular complexity index is 964. The van der Waals surface area contributed by atoms with Crippen molar-refractivity contribution in [3.8, 4) is 23.3 Å². The molecule has 39 heavy (non-hydrogen) atoms. The summed E-state index contributed by atoms with van der Waals surface area (Å²) in [5.41, 5.74) is 0.925. The van der Waals surface area contributed by atoms with E-state index in [0.717, 1.165) is 25.7 Å². The SMILES string of the molecule is CCCCCCCCCCOc1ccc(C(=O)Oc2ccc(C#N)cc2)cc1OCCCCCCCCCC. The van der Waals surface area contributed by atoms with Gasteiger partial charge in [0.25, 0.3) is 0 Å². The van der Waals surface area contributed by atoms with Gasteiger partial charge in [-0.15, -0.1) is 0 Å². The van der Waals surface area contributed by atoms with E-state index in [-0.39, 0.29) is 0 Å². The van der Waals surface area contributed by atoms with Crippen LogP contribution in [0.4, 0.5) is 0 Å². The van der Waals surface area contributed by atoms with E-state index in [1.807, 2.05) is 6.07 Å². The highest BCUT2D eigenvalue weighted by Gasteiger charge is 2.14. The van der Waals surface area contributed by atoms with Crippen LogP contribution in [-0.2, 0) is 0 Å². The van der Waals surface area contributed by atoms with E-state index < -0.39 is 5.97 Å². The first-order valence-electron chi connectivity index (χ1n) is 15.3. The molecule has 0 aromatic heterocycles. The molecule has 5 nitrogen and oxygen atoms in total. The van der Waals surface area contributed by atoms with Crippen LogP contribution in [-0.4, -0.2) is 19.2 Å². The van der Waals surface area contributed by atoms with Gasteiger partial charge >= 0.3 is 5.97 Å². The number of nitriles is 1.